The summed E-state index contributed by atoms with van der Waals surface area (Å²) < 4.78 is 38.6. The molecule has 0 bridgehead atoms. The Morgan fingerprint density at radius 1 is 1.16 bits per heavy atom. The highest BCUT2D eigenvalue weighted by atomic mass is 32.2. The van der Waals surface area contributed by atoms with Crippen LogP contribution in [0.2, 0.25) is 0 Å². The molecule has 1 aliphatic carbocycles. The number of aliphatic hydroxyl groups excluding tert-OH is 1. The fourth-order valence-electron chi connectivity index (χ4n) is 4.53. The largest absolute Gasteiger partial charge is 0.486 e. The number of rotatable bonds is 11. The normalized spacial score (nSPS) is 27.0. The molecule has 0 unspecified atom stereocenters. The van der Waals surface area contributed by atoms with Crippen LogP contribution in [0.5, 0.6) is 5.75 Å². The van der Waals surface area contributed by atoms with Crippen molar-refractivity contribution in [1.82, 2.24) is 10.0 Å². The second kappa shape index (κ2) is 11.9. The smallest absolute Gasteiger partial charge is 0.214 e. The van der Waals surface area contributed by atoms with E-state index in [-0.39, 0.29) is 37.2 Å². The van der Waals surface area contributed by atoms with Crippen LogP contribution in [0.4, 0.5) is 0 Å². The van der Waals surface area contributed by atoms with E-state index < -0.39 is 10.0 Å². The molecule has 0 radical (unpaired) electrons. The first-order valence-electron chi connectivity index (χ1n) is 11.1. The van der Waals surface area contributed by atoms with Gasteiger partial charge in [-0.1, -0.05) is 18.2 Å². The Bertz CT molecular complexity index is 795. The molecular weight excluding hydrogens is 420 g/mol. The maximum absolute atomic E-state index is 12.0. The minimum absolute atomic E-state index is 0.0626. The Morgan fingerprint density at radius 3 is 2.68 bits per heavy atom. The van der Waals surface area contributed by atoms with Gasteiger partial charge in [0.2, 0.25) is 10.0 Å². The summed E-state index contributed by atoms with van der Waals surface area (Å²) in [7, 11) is -3.49. The highest BCUT2D eigenvalue weighted by Gasteiger charge is 2.30. The highest BCUT2D eigenvalue weighted by Crippen LogP contribution is 2.38. The summed E-state index contributed by atoms with van der Waals surface area (Å²) in [5, 5.41) is 12.3. The van der Waals surface area contributed by atoms with E-state index in [1.165, 1.54) is 0 Å². The number of sulfonamides is 1. The van der Waals surface area contributed by atoms with Gasteiger partial charge in [0.1, 0.15) is 12.4 Å². The van der Waals surface area contributed by atoms with Crippen molar-refractivity contribution in [1.29, 1.82) is 0 Å². The predicted octanol–water partition coefficient (Wildman–Crippen LogP) is 1.34. The molecule has 1 aromatic carbocycles. The van der Waals surface area contributed by atoms with Crippen LogP contribution in [0.1, 0.15) is 50.0 Å². The van der Waals surface area contributed by atoms with Crippen molar-refractivity contribution in [2.75, 3.05) is 32.1 Å². The SMILES string of the molecule is O=CCOc1ccccc1C1CCC(OC[C@@H]2NCCC[C@@H]2NS(=O)(=O)CCO)CC1. The van der Waals surface area contributed by atoms with Crippen LogP contribution in [0, 0.1) is 0 Å². The van der Waals surface area contributed by atoms with Crippen molar-refractivity contribution < 1.29 is 27.8 Å². The van der Waals surface area contributed by atoms with E-state index in [2.05, 4.69) is 16.1 Å². The van der Waals surface area contributed by atoms with Crippen LogP contribution in [0.25, 0.3) is 0 Å². The average molecular weight is 455 g/mol. The lowest BCUT2D eigenvalue weighted by Gasteiger charge is -2.35. The van der Waals surface area contributed by atoms with Crippen molar-refractivity contribution in [3.63, 3.8) is 0 Å². The van der Waals surface area contributed by atoms with Gasteiger partial charge in [0.25, 0.3) is 0 Å². The first-order valence-corrected chi connectivity index (χ1v) is 12.8. The number of aldehydes is 1. The standard InChI is InChI=1S/C22H34N2O6S/c25-12-14-29-22-6-2-1-4-19(22)17-7-9-18(10-8-17)30-16-21-20(5-3-11-23-21)24-31(27,28)15-13-26/h1-2,4,6,12,17-18,20-21,23-24,26H,3,5,7-11,13-16H2/t17?,18?,20-,21-/m0/s1. The summed E-state index contributed by atoms with van der Waals surface area (Å²) in [5.41, 5.74) is 1.15. The number of nitrogens with one attached hydrogen (secondary N) is 2. The van der Waals surface area contributed by atoms with Crippen LogP contribution in [-0.4, -0.2) is 70.1 Å². The minimum atomic E-state index is -3.49. The molecule has 1 heterocycles. The summed E-state index contributed by atoms with van der Waals surface area (Å²) >= 11 is 0. The molecular formula is C22H34N2O6S. The zero-order chi connectivity index (χ0) is 22.1. The van der Waals surface area contributed by atoms with Gasteiger partial charge in [-0.15, -0.1) is 0 Å². The van der Waals surface area contributed by atoms with E-state index in [4.69, 9.17) is 14.6 Å². The maximum atomic E-state index is 12.0. The van der Waals surface area contributed by atoms with E-state index in [0.29, 0.717) is 12.5 Å². The number of para-hydroxylation sites is 1. The lowest BCUT2D eigenvalue weighted by molar-refractivity contribution is -0.109. The van der Waals surface area contributed by atoms with E-state index >= 15 is 0 Å². The number of hydrogen-bond donors (Lipinski definition) is 3. The molecule has 9 heteroatoms. The third kappa shape index (κ3) is 7.25. The lowest BCUT2D eigenvalue weighted by Crippen LogP contribution is -2.56. The van der Waals surface area contributed by atoms with Crippen molar-refractivity contribution in [3.8, 4) is 5.75 Å². The molecule has 3 rings (SSSR count). The summed E-state index contributed by atoms with van der Waals surface area (Å²) in [5.74, 6) is 0.885. The van der Waals surface area contributed by atoms with Crippen molar-refractivity contribution >= 4 is 16.3 Å². The molecule has 1 aliphatic heterocycles. The molecule has 1 saturated heterocycles. The summed E-state index contributed by atoms with van der Waals surface area (Å²) in [6, 6.07) is 7.61. The van der Waals surface area contributed by atoms with Gasteiger partial charge in [0.15, 0.2) is 6.29 Å². The Hall–Kier alpha value is -1.52. The number of hydrogen-bond acceptors (Lipinski definition) is 7. The fraction of sp³-hybridized carbons (Fsp3) is 0.682. The van der Waals surface area contributed by atoms with Crippen molar-refractivity contribution in [3.05, 3.63) is 29.8 Å². The quantitative estimate of drug-likeness (QED) is 0.432. The number of carbonyl (C=O) groups excluding carboxylic acids is 1. The van der Waals surface area contributed by atoms with Crippen LogP contribution >= 0.6 is 0 Å². The van der Waals surface area contributed by atoms with Gasteiger partial charge in [-0.3, -0.25) is 4.79 Å². The summed E-state index contributed by atoms with van der Waals surface area (Å²) in [4.78, 5) is 10.6. The number of benzene rings is 1. The Morgan fingerprint density at radius 2 is 1.94 bits per heavy atom. The molecule has 0 aromatic heterocycles. The molecule has 2 atom stereocenters. The monoisotopic (exact) mass is 454 g/mol. The molecule has 8 nitrogen and oxygen atoms in total. The van der Waals surface area contributed by atoms with Gasteiger partial charge in [-0.05, 0) is 62.6 Å². The summed E-state index contributed by atoms with van der Waals surface area (Å²) in [6.07, 6.45) is 6.40. The molecule has 0 spiro atoms. The lowest BCUT2D eigenvalue weighted by atomic mass is 9.82. The Labute approximate surface area is 184 Å². The van der Waals surface area contributed by atoms with Crippen molar-refractivity contribution in [2.45, 2.75) is 62.6 Å². The zero-order valence-electron chi connectivity index (χ0n) is 17.9. The third-order valence-corrected chi connectivity index (χ3v) is 7.51. The Kier molecular flexibility index (Phi) is 9.28. The van der Waals surface area contributed by atoms with Crippen LogP contribution in [-0.2, 0) is 19.6 Å². The molecule has 1 aromatic rings. The average Bonchev–Trinajstić information content (AvgIpc) is 2.77. The van der Waals surface area contributed by atoms with Crippen molar-refractivity contribution in [2.24, 2.45) is 0 Å². The molecule has 1 saturated carbocycles. The Balaban J connectivity index is 1.49. The van der Waals surface area contributed by atoms with Crippen LogP contribution in [0.15, 0.2) is 24.3 Å². The summed E-state index contributed by atoms with van der Waals surface area (Å²) in [6.45, 7) is 0.980. The topological polar surface area (TPSA) is 114 Å². The van der Waals surface area contributed by atoms with E-state index in [9.17, 15) is 13.2 Å². The second-order valence-electron chi connectivity index (χ2n) is 8.29. The van der Waals surface area contributed by atoms with E-state index in [0.717, 1.165) is 62.7 Å². The van der Waals surface area contributed by atoms with Gasteiger partial charge in [-0.2, -0.15) is 0 Å². The van der Waals surface area contributed by atoms with Gasteiger partial charge < -0.3 is 19.9 Å². The van der Waals surface area contributed by atoms with E-state index in [1.54, 1.807) is 0 Å². The predicted molar refractivity (Wildman–Crippen MR) is 118 cm³/mol. The number of ether oxygens (including phenoxy) is 2. The van der Waals surface area contributed by atoms with Gasteiger partial charge in [-0.25, -0.2) is 13.1 Å². The first-order chi connectivity index (χ1) is 15.0. The third-order valence-electron chi connectivity index (χ3n) is 6.13. The molecule has 0 amide bonds. The highest BCUT2D eigenvalue weighted by molar-refractivity contribution is 7.89. The van der Waals surface area contributed by atoms with Gasteiger partial charge in [0.05, 0.1) is 25.1 Å². The van der Waals surface area contributed by atoms with Crippen LogP contribution < -0.4 is 14.8 Å². The molecule has 31 heavy (non-hydrogen) atoms. The molecule has 2 fully saturated rings. The fourth-order valence-corrected chi connectivity index (χ4v) is 5.63. The minimum Gasteiger partial charge on any atom is -0.486 e. The first kappa shape index (κ1) is 24.1. The molecule has 3 N–H and O–H groups in total. The number of piperidine rings is 1. The van der Waals surface area contributed by atoms with Crippen LogP contribution in [0.3, 0.4) is 0 Å². The molecule has 2 aliphatic rings. The maximum Gasteiger partial charge on any atom is 0.214 e. The number of carbonyl (C=O) groups is 1. The second-order valence-corrected chi connectivity index (χ2v) is 10.2. The van der Waals surface area contributed by atoms with Gasteiger partial charge >= 0.3 is 0 Å². The zero-order valence-corrected chi connectivity index (χ0v) is 18.7. The van der Waals surface area contributed by atoms with E-state index in [1.807, 2.05) is 18.2 Å². The van der Waals surface area contributed by atoms with Gasteiger partial charge in [0, 0.05) is 12.1 Å². The molecule has 174 valence electrons. The number of aliphatic hydroxyl groups is 1.